The molecule has 0 saturated carbocycles. The van der Waals surface area contributed by atoms with E-state index in [-0.39, 0.29) is 12.4 Å². The van der Waals surface area contributed by atoms with Crippen LogP contribution in [0, 0.1) is 0 Å². The molecule has 6 heteroatoms. The lowest BCUT2D eigenvalue weighted by molar-refractivity contribution is -0.169. The number of hydrogen-bond acceptors (Lipinski definition) is 5. The molecule has 5 nitrogen and oxygen atoms in total. The molecule has 2 aliphatic heterocycles. The van der Waals surface area contributed by atoms with Crippen LogP contribution in [0.1, 0.15) is 12.8 Å². The quantitative estimate of drug-likeness (QED) is 0.406. The molecule has 0 aromatic carbocycles. The molecule has 0 aromatic heterocycles. The van der Waals surface area contributed by atoms with Gasteiger partial charge in [-0.3, -0.25) is 4.90 Å². The first-order chi connectivity index (χ1) is 6.61. The lowest BCUT2D eigenvalue weighted by Gasteiger charge is -2.48. The maximum Gasteiger partial charge on any atom is 0.109 e. The topological polar surface area (TPSA) is 84.2 Å². The van der Waals surface area contributed by atoms with Crippen LogP contribution in [0.4, 0.5) is 0 Å². The number of nitrogens with zero attached hydrogens (tertiary/aromatic N) is 1. The highest BCUT2D eigenvalue weighted by Crippen LogP contribution is 2.27. The molecule has 0 radical (unpaired) electrons. The molecule has 2 heterocycles. The van der Waals surface area contributed by atoms with Crippen molar-refractivity contribution in [2.75, 3.05) is 13.1 Å². The van der Waals surface area contributed by atoms with Crippen LogP contribution in [-0.2, 0) is 0 Å². The molecule has 4 N–H and O–H groups in total. The Morgan fingerprint density at radius 2 is 1.60 bits per heavy atom. The van der Waals surface area contributed by atoms with Gasteiger partial charge in [-0.15, -0.1) is 12.4 Å². The standard InChI is InChI=1S/C9H17NO4.ClH/c11-5-2-1-3-10-4-6(12)8(13)9(14)7(5)10;/h5-9,11-14H,1-4H2;1H/t5-,6+,7-,8+,9+;/m0./s1. The van der Waals surface area contributed by atoms with Crippen LogP contribution in [0.2, 0.25) is 0 Å². The first-order valence-electron chi connectivity index (χ1n) is 5.07. The summed E-state index contributed by atoms with van der Waals surface area (Å²) in [5.41, 5.74) is 0. The molecule has 0 bridgehead atoms. The Balaban J connectivity index is 0.00000112. The van der Waals surface area contributed by atoms with E-state index in [4.69, 9.17) is 0 Å². The largest absolute Gasteiger partial charge is 0.391 e. The van der Waals surface area contributed by atoms with E-state index in [2.05, 4.69) is 0 Å². The average molecular weight is 240 g/mol. The number of aliphatic hydroxyl groups is 4. The summed E-state index contributed by atoms with van der Waals surface area (Å²) >= 11 is 0. The summed E-state index contributed by atoms with van der Waals surface area (Å²) in [5, 5.41) is 38.3. The summed E-state index contributed by atoms with van der Waals surface area (Å²) in [6, 6.07) is -0.415. The van der Waals surface area contributed by atoms with Crippen LogP contribution in [-0.4, -0.2) is 68.9 Å². The minimum atomic E-state index is -1.14. The van der Waals surface area contributed by atoms with E-state index in [1.807, 2.05) is 4.90 Å². The zero-order valence-corrected chi connectivity index (χ0v) is 9.18. The van der Waals surface area contributed by atoms with Gasteiger partial charge in [-0.2, -0.15) is 0 Å². The van der Waals surface area contributed by atoms with Crippen LogP contribution in [0.5, 0.6) is 0 Å². The fraction of sp³-hybridized carbons (Fsp3) is 1.00. The smallest absolute Gasteiger partial charge is 0.109 e. The van der Waals surface area contributed by atoms with Gasteiger partial charge in [0.2, 0.25) is 0 Å². The SMILES string of the molecule is Cl.O[C@H]1[C@H](O)[C@H](O)CN2CCC[C@H](O)[C@@H]12. The second-order valence-electron chi connectivity index (χ2n) is 4.24. The highest BCUT2D eigenvalue weighted by atomic mass is 35.5. The average Bonchev–Trinajstić information content (AvgIpc) is 2.14. The Labute approximate surface area is 94.7 Å². The van der Waals surface area contributed by atoms with E-state index in [1.54, 1.807) is 0 Å². The molecule has 0 unspecified atom stereocenters. The van der Waals surface area contributed by atoms with Crippen molar-refractivity contribution in [2.24, 2.45) is 0 Å². The number of rotatable bonds is 0. The third-order valence-corrected chi connectivity index (χ3v) is 3.28. The third kappa shape index (κ3) is 2.27. The maximum absolute atomic E-state index is 9.70. The predicted molar refractivity (Wildman–Crippen MR) is 55.9 cm³/mol. The molecule has 0 aliphatic carbocycles. The van der Waals surface area contributed by atoms with E-state index in [0.717, 1.165) is 13.0 Å². The minimum Gasteiger partial charge on any atom is -0.391 e. The summed E-state index contributed by atoms with van der Waals surface area (Å²) in [5.74, 6) is 0. The van der Waals surface area contributed by atoms with Gasteiger partial charge in [-0.1, -0.05) is 0 Å². The summed E-state index contributed by atoms with van der Waals surface area (Å²) in [7, 11) is 0. The van der Waals surface area contributed by atoms with E-state index < -0.39 is 30.5 Å². The van der Waals surface area contributed by atoms with Gasteiger partial charge in [0, 0.05) is 6.54 Å². The fourth-order valence-electron chi connectivity index (χ4n) is 2.50. The molecule has 90 valence electrons. The second kappa shape index (κ2) is 4.95. The first-order valence-corrected chi connectivity index (χ1v) is 5.07. The number of hydrogen-bond donors (Lipinski definition) is 4. The molecule has 15 heavy (non-hydrogen) atoms. The Hall–Kier alpha value is 0.0900. The second-order valence-corrected chi connectivity index (χ2v) is 4.24. The lowest BCUT2D eigenvalue weighted by atomic mass is 9.86. The molecule has 2 saturated heterocycles. The summed E-state index contributed by atoms with van der Waals surface area (Å²) in [6.45, 7) is 1.10. The predicted octanol–water partition coefficient (Wildman–Crippen LogP) is -1.67. The molecule has 2 rings (SSSR count). The van der Waals surface area contributed by atoms with Gasteiger partial charge in [0.1, 0.15) is 12.2 Å². The summed E-state index contributed by atoms with van der Waals surface area (Å²) in [6.07, 6.45) is -2.17. The van der Waals surface area contributed by atoms with E-state index in [0.29, 0.717) is 13.0 Å². The number of aliphatic hydroxyl groups excluding tert-OH is 4. The summed E-state index contributed by atoms with van der Waals surface area (Å²) < 4.78 is 0. The molecule has 2 fully saturated rings. The minimum absolute atomic E-state index is 0. The van der Waals surface area contributed by atoms with Crippen molar-refractivity contribution in [1.29, 1.82) is 0 Å². The van der Waals surface area contributed by atoms with Crippen molar-refractivity contribution in [3.8, 4) is 0 Å². The molecular weight excluding hydrogens is 222 g/mol. The van der Waals surface area contributed by atoms with Crippen molar-refractivity contribution in [1.82, 2.24) is 4.90 Å². The van der Waals surface area contributed by atoms with E-state index in [9.17, 15) is 20.4 Å². The zero-order valence-electron chi connectivity index (χ0n) is 8.36. The highest BCUT2D eigenvalue weighted by Gasteiger charge is 2.45. The van der Waals surface area contributed by atoms with Crippen LogP contribution in [0.3, 0.4) is 0 Å². The molecule has 0 aromatic rings. The molecule has 0 spiro atoms. The van der Waals surface area contributed by atoms with Crippen LogP contribution < -0.4 is 0 Å². The molecular formula is C9H18ClNO4. The first kappa shape index (κ1) is 13.2. The zero-order chi connectivity index (χ0) is 10.3. The van der Waals surface area contributed by atoms with Crippen molar-refractivity contribution in [2.45, 2.75) is 43.3 Å². The lowest BCUT2D eigenvalue weighted by Crippen LogP contribution is -2.66. The summed E-state index contributed by atoms with van der Waals surface area (Å²) in [4.78, 5) is 1.86. The molecule has 2 aliphatic rings. The van der Waals surface area contributed by atoms with Crippen molar-refractivity contribution < 1.29 is 20.4 Å². The maximum atomic E-state index is 9.70. The van der Waals surface area contributed by atoms with Gasteiger partial charge >= 0.3 is 0 Å². The monoisotopic (exact) mass is 239 g/mol. The molecule has 5 atom stereocenters. The Bertz CT molecular complexity index is 216. The Kier molecular flexibility index (Phi) is 4.34. The van der Waals surface area contributed by atoms with Gasteiger partial charge in [0.05, 0.1) is 18.2 Å². The number of piperidine rings is 2. The van der Waals surface area contributed by atoms with Gasteiger partial charge in [0.25, 0.3) is 0 Å². The Morgan fingerprint density at radius 1 is 0.933 bits per heavy atom. The van der Waals surface area contributed by atoms with Gasteiger partial charge < -0.3 is 20.4 Å². The van der Waals surface area contributed by atoms with E-state index in [1.165, 1.54) is 0 Å². The van der Waals surface area contributed by atoms with Crippen molar-refractivity contribution >= 4 is 12.4 Å². The van der Waals surface area contributed by atoms with Crippen LogP contribution >= 0.6 is 12.4 Å². The van der Waals surface area contributed by atoms with Crippen molar-refractivity contribution in [3.05, 3.63) is 0 Å². The van der Waals surface area contributed by atoms with Gasteiger partial charge in [0.15, 0.2) is 0 Å². The number of fused-ring (bicyclic) bond motifs is 1. The third-order valence-electron chi connectivity index (χ3n) is 3.28. The number of halogens is 1. The Morgan fingerprint density at radius 3 is 2.27 bits per heavy atom. The highest BCUT2D eigenvalue weighted by molar-refractivity contribution is 5.85. The normalized spacial score (nSPS) is 46.8. The van der Waals surface area contributed by atoms with Crippen LogP contribution in [0.15, 0.2) is 0 Å². The van der Waals surface area contributed by atoms with E-state index >= 15 is 0 Å². The fourth-order valence-corrected chi connectivity index (χ4v) is 2.50. The van der Waals surface area contributed by atoms with Gasteiger partial charge in [-0.05, 0) is 19.4 Å². The van der Waals surface area contributed by atoms with Crippen molar-refractivity contribution in [3.63, 3.8) is 0 Å². The molecule has 0 amide bonds. The van der Waals surface area contributed by atoms with Crippen LogP contribution in [0.25, 0.3) is 0 Å². The van der Waals surface area contributed by atoms with Gasteiger partial charge in [-0.25, -0.2) is 0 Å².